The van der Waals surface area contributed by atoms with Crippen LogP contribution < -0.4 is 34.7 Å². The number of tetrazole rings is 1. The minimum atomic E-state index is -3.84. The van der Waals surface area contributed by atoms with Crippen molar-refractivity contribution in [3.8, 4) is 0 Å². The van der Waals surface area contributed by atoms with Gasteiger partial charge in [0.15, 0.2) is 9.84 Å². The fourth-order valence-corrected chi connectivity index (χ4v) is 6.57. The van der Waals surface area contributed by atoms with Crippen molar-refractivity contribution in [2.24, 2.45) is 7.05 Å². The number of carbonyl (C=O) groups excluding carboxylic acids is 2. The van der Waals surface area contributed by atoms with Crippen LogP contribution in [0, 0.1) is 0 Å². The summed E-state index contributed by atoms with van der Waals surface area (Å²) >= 11 is 1.02. The molecular weight excluding hydrogens is 357 g/mol. The molecule has 23 heavy (non-hydrogen) atoms. The largest absolute Gasteiger partial charge is 1.00 e. The van der Waals surface area contributed by atoms with Crippen molar-refractivity contribution in [3.63, 3.8) is 0 Å². The van der Waals surface area contributed by atoms with Gasteiger partial charge in [-0.15, -0.1) is 5.10 Å². The fourth-order valence-electron chi connectivity index (χ4n) is 2.81. The van der Waals surface area contributed by atoms with E-state index in [-0.39, 0.29) is 41.7 Å². The van der Waals surface area contributed by atoms with Crippen LogP contribution in [-0.4, -0.2) is 67.3 Å². The van der Waals surface area contributed by atoms with Gasteiger partial charge in [-0.1, -0.05) is 11.8 Å². The number of rotatable bonds is 4. The van der Waals surface area contributed by atoms with Gasteiger partial charge in [-0.25, -0.2) is 13.1 Å². The standard InChI is InChI=1S/C10H13N5O5S2.Na/c1-10(4-21-9-11-12-13-14(9)2)7(8(17)18)15-5(16)3-6(15)22(10,19)20;/h6-7H,3-4H2,1-2H3,(H,17,18);/q;+1/p-1/t6-,7+,10+;/m1./s1. The van der Waals surface area contributed by atoms with E-state index in [1.165, 1.54) is 11.6 Å². The maximum atomic E-state index is 12.6. The molecule has 0 bridgehead atoms. The summed E-state index contributed by atoms with van der Waals surface area (Å²) in [6.07, 6.45) is -0.183. The molecule has 1 amide bonds. The second-order valence-corrected chi connectivity index (χ2v) is 8.92. The number of carbonyl (C=O) groups is 2. The van der Waals surface area contributed by atoms with Crippen molar-refractivity contribution in [1.29, 1.82) is 0 Å². The summed E-state index contributed by atoms with van der Waals surface area (Å²) in [5, 5.41) is 21.5. The molecule has 0 spiro atoms. The molecule has 0 saturated carbocycles. The van der Waals surface area contributed by atoms with Crippen molar-refractivity contribution in [1.82, 2.24) is 25.1 Å². The molecule has 3 rings (SSSR count). The van der Waals surface area contributed by atoms with Gasteiger partial charge < -0.3 is 14.8 Å². The monoisotopic (exact) mass is 369 g/mol. The van der Waals surface area contributed by atoms with Crippen LogP contribution in [0.15, 0.2) is 5.16 Å². The molecule has 2 saturated heterocycles. The van der Waals surface area contributed by atoms with Gasteiger partial charge in [0.2, 0.25) is 11.1 Å². The molecule has 13 heteroatoms. The number of amides is 1. The summed E-state index contributed by atoms with van der Waals surface area (Å²) in [6.45, 7) is 1.32. The third-order valence-corrected chi connectivity index (χ3v) is 8.41. The Morgan fingerprint density at radius 2 is 2.17 bits per heavy atom. The number of aromatic nitrogens is 4. The molecule has 2 aliphatic heterocycles. The van der Waals surface area contributed by atoms with E-state index < -0.39 is 37.9 Å². The zero-order valence-electron chi connectivity index (χ0n) is 12.7. The molecule has 3 atom stereocenters. The number of sulfone groups is 1. The van der Waals surface area contributed by atoms with E-state index in [9.17, 15) is 23.1 Å². The first kappa shape index (κ1) is 18.6. The predicted octanol–water partition coefficient (Wildman–Crippen LogP) is -5.83. The number of carboxylic acid groups (broad SMARTS) is 1. The molecule has 120 valence electrons. The molecule has 0 unspecified atom stereocenters. The van der Waals surface area contributed by atoms with Crippen LogP contribution in [0.1, 0.15) is 13.3 Å². The molecule has 1 aromatic heterocycles. The summed E-state index contributed by atoms with van der Waals surface area (Å²) in [5.41, 5.74) is 0. The van der Waals surface area contributed by atoms with Gasteiger partial charge >= 0.3 is 29.6 Å². The van der Waals surface area contributed by atoms with Crippen LogP contribution in [0.3, 0.4) is 0 Å². The number of hydrogen-bond donors (Lipinski definition) is 0. The Hall–Kier alpha value is -0.690. The van der Waals surface area contributed by atoms with Crippen molar-refractivity contribution < 1.29 is 52.7 Å². The Balaban J connectivity index is 0.00000192. The van der Waals surface area contributed by atoms with Crippen LogP contribution in [0.5, 0.6) is 0 Å². The number of β-lactam (4-membered cyclic amide) rings is 1. The van der Waals surface area contributed by atoms with Crippen LogP contribution >= 0.6 is 11.8 Å². The smallest absolute Gasteiger partial charge is 0.548 e. The van der Waals surface area contributed by atoms with E-state index in [0.29, 0.717) is 5.16 Å². The van der Waals surface area contributed by atoms with Crippen molar-refractivity contribution in [2.45, 2.75) is 34.7 Å². The molecule has 1 aromatic rings. The van der Waals surface area contributed by atoms with E-state index in [1.807, 2.05) is 0 Å². The summed E-state index contributed by atoms with van der Waals surface area (Å²) < 4.78 is 24.9. The summed E-state index contributed by atoms with van der Waals surface area (Å²) in [5.74, 6) is -2.15. The Kier molecular flexibility index (Phi) is 4.86. The molecule has 2 aliphatic rings. The zero-order valence-corrected chi connectivity index (χ0v) is 16.3. The molecule has 10 nitrogen and oxygen atoms in total. The van der Waals surface area contributed by atoms with Crippen molar-refractivity contribution in [2.75, 3.05) is 5.75 Å². The maximum absolute atomic E-state index is 12.6. The Bertz CT molecular complexity index is 767. The van der Waals surface area contributed by atoms with Crippen LogP contribution in [-0.2, 0) is 26.5 Å². The van der Waals surface area contributed by atoms with Gasteiger partial charge in [0.25, 0.3) is 0 Å². The number of aliphatic carboxylic acids is 1. The maximum Gasteiger partial charge on any atom is 1.00 e. The van der Waals surface area contributed by atoms with Gasteiger partial charge in [-0.05, 0) is 17.4 Å². The Labute approximate surface area is 158 Å². The van der Waals surface area contributed by atoms with Crippen molar-refractivity contribution in [3.05, 3.63) is 0 Å². The number of thioether (sulfide) groups is 1. The molecule has 0 radical (unpaired) electrons. The number of aryl methyl sites for hydroxylation is 1. The Morgan fingerprint density at radius 1 is 1.52 bits per heavy atom. The first-order chi connectivity index (χ1) is 10.2. The van der Waals surface area contributed by atoms with E-state index >= 15 is 0 Å². The number of carboxylic acids is 1. The van der Waals surface area contributed by atoms with Crippen molar-refractivity contribution >= 4 is 33.5 Å². The van der Waals surface area contributed by atoms with E-state index in [4.69, 9.17) is 0 Å². The third-order valence-electron chi connectivity index (χ3n) is 4.10. The molecule has 3 heterocycles. The average molecular weight is 369 g/mol. The molecular formula is C10H12N5NaO5S2. The first-order valence-corrected chi connectivity index (χ1v) is 8.84. The molecule has 0 aliphatic carbocycles. The SMILES string of the molecule is Cn1nnnc1SC[C@@]1(C)[C@H](C(=O)[O-])N2C(=O)C[C@H]2S1(=O)=O.[Na+]. The Morgan fingerprint density at radius 3 is 2.65 bits per heavy atom. The molecule has 0 N–H and O–H groups in total. The first-order valence-electron chi connectivity index (χ1n) is 6.31. The summed E-state index contributed by atoms with van der Waals surface area (Å²) in [6, 6.07) is -1.50. The van der Waals surface area contributed by atoms with Crippen LogP contribution in [0.4, 0.5) is 0 Å². The third kappa shape index (κ3) is 2.51. The average Bonchev–Trinajstić information content (AvgIpc) is 2.88. The summed E-state index contributed by atoms with van der Waals surface area (Å²) in [7, 11) is -2.25. The van der Waals surface area contributed by atoms with Gasteiger partial charge in [0.05, 0.1) is 18.4 Å². The van der Waals surface area contributed by atoms with Gasteiger partial charge in [-0.2, -0.15) is 0 Å². The van der Waals surface area contributed by atoms with Gasteiger partial charge in [-0.3, -0.25) is 4.79 Å². The second-order valence-electron chi connectivity index (χ2n) is 5.41. The number of nitrogens with zero attached hydrogens (tertiary/aromatic N) is 5. The van der Waals surface area contributed by atoms with Gasteiger partial charge in [0.1, 0.15) is 10.1 Å². The minimum absolute atomic E-state index is 0. The predicted molar refractivity (Wildman–Crippen MR) is 70.9 cm³/mol. The quantitative estimate of drug-likeness (QED) is 0.288. The molecule has 0 aromatic carbocycles. The van der Waals surface area contributed by atoms with E-state index in [1.54, 1.807) is 7.05 Å². The number of fused-ring (bicyclic) bond motifs is 1. The minimum Gasteiger partial charge on any atom is -0.548 e. The summed E-state index contributed by atoms with van der Waals surface area (Å²) in [4.78, 5) is 24.0. The van der Waals surface area contributed by atoms with Gasteiger partial charge in [0, 0.05) is 12.8 Å². The van der Waals surface area contributed by atoms with Crippen LogP contribution in [0.2, 0.25) is 0 Å². The molecule has 2 fully saturated rings. The van der Waals surface area contributed by atoms with E-state index in [2.05, 4.69) is 15.5 Å². The fraction of sp³-hybridized carbons (Fsp3) is 0.700. The van der Waals surface area contributed by atoms with E-state index in [0.717, 1.165) is 16.7 Å². The number of hydrogen-bond acceptors (Lipinski definition) is 9. The normalized spacial score (nSPS) is 31.2. The van der Waals surface area contributed by atoms with Crippen LogP contribution in [0.25, 0.3) is 0 Å². The second kappa shape index (κ2) is 5.99. The zero-order chi connectivity index (χ0) is 16.3. The topological polar surface area (TPSA) is 138 Å².